The Morgan fingerprint density at radius 1 is 1.04 bits per heavy atom. The minimum Gasteiger partial charge on any atom is -0.419 e. The molecule has 0 saturated heterocycles. The molecule has 2 amide bonds. The van der Waals surface area contributed by atoms with Crippen molar-refractivity contribution in [3.05, 3.63) is 65.5 Å². The third-order valence-electron chi connectivity index (χ3n) is 3.80. The van der Waals surface area contributed by atoms with E-state index in [1.807, 2.05) is 42.8 Å². The summed E-state index contributed by atoms with van der Waals surface area (Å²) in [5.74, 6) is 0.494. The summed E-state index contributed by atoms with van der Waals surface area (Å²) in [4.78, 5) is 11.9. The lowest BCUT2D eigenvalue weighted by Crippen LogP contribution is -2.39. The summed E-state index contributed by atoms with van der Waals surface area (Å²) in [5.41, 5.74) is 2.68. The van der Waals surface area contributed by atoms with Gasteiger partial charge in [-0.15, -0.1) is 10.2 Å². The van der Waals surface area contributed by atoms with Crippen LogP contribution >= 0.6 is 0 Å². The summed E-state index contributed by atoms with van der Waals surface area (Å²) >= 11 is 0. The van der Waals surface area contributed by atoms with Crippen molar-refractivity contribution in [2.45, 2.75) is 25.3 Å². The fourth-order valence-electron chi connectivity index (χ4n) is 2.34. The number of benzene rings is 2. The molecule has 3 rings (SSSR count). The zero-order valence-corrected chi connectivity index (χ0v) is 15.6. The average Bonchev–Trinajstić information content (AvgIpc) is 3.09. The molecule has 2 N–H and O–H groups in total. The maximum absolute atomic E-state index is 12.2. The van der Waals surface area contributed by atoms with Crippen molar-refractivity contribution >= 4 is 16.1 Å². The van der Waals surface area contributed by atoms with Gasteiger partial charge in [-0.25, -0.2) is 17.9 Å². The Morgan fingerprint density at radius 2 is 1.74 bits per heavy atom. The van der Waals surface area contributed by atoms with Crippen LogP contribution in [0.25, 0.3) is 11.5 Å². The molecule has 0 aliphatic carbocycles. The van der Waals surface area contributed by atoms with Gasteiger partial charge in [0.25, 0.3) is 10.0 Å². The first-order valence-corrected chi connectivity index (χ1v) is 9.59. The summed E-state index contributed by atoms with van der Waals surface area (Å²) in [6.07, 6.45) is 0. The summed E-state index contributed by atoms with van der Waals surface area (Å²) in [5, 5.41) is 10.2. The Balaban J connectivity index is 1.61. The van der Waals surface area contributed by atoms with Gasteiger partial charge in [-0.2, -0.15) is 0 Å². The normalized spacial score (nSPS) is 11.2. The number of hydrogen-bond acceptors (Lipinski definition) is 6. The summed E-state index contributed by atoms with van der Waals surface area (Å²) in [6.45, 7) is 3.65. The van der Waals surface area contributed by atoms with E-state index in [0.29, 0.717) is 5.89 Å². The van der Waals surface area contributed by atoms with Gasteiger partial charge in [-0.3, -0.25) is 0 Å². The molecule has 0 unspecified atom stereocenters. The van der Waals surface area contributed by atoms with Crippen molar-refractivity contribution in [1.29, 1.82) is 0 Å². The lowest BCUT2D eigenvalue weighted by atomic mass is 10.1. The minimum atomic E-state index is -3.95. The van der Waals surface area contributed by atoms with Gasteiger partial charge in [0.2, 0.25) is 11.8 Å². The van der Waals surface area contributed by atoms with Gasteiger partial charge in [0.15, 0.2) is 0 Å². The molecule has 0 bridgehead atoms. The zero-order valence-electron chi connectivity index (χ0n) is 14.8. The van der Waals surface area contributed by atoms with Crippen LogP contribution in [0.5, 0.6) is 0 Å². The molecule has 8 nitrogen and oxygen atoms in total. The lowest BCUT2D eigenvalue weighted by molar-refractivity contribution is 0.244. The predicted molar refractivity (Wildman–Crippen MR) is 98.2 cm³/mol. The largest absolute Gasteiger partial charge is 0.419 e. The molecule has 140 valence electrons. The van der Waals surface area contributed by atoms with Crippen molar-refractivity contribution in [2.75, 3.05) is 0 Å². The number of carbonyl (C=O) groups is 1. The van der Waals surface area contributed by atoms with Gasteiger partial charge >= 0.3 is 6.03 Å². The fraction of sp³-hybridized carbons (Fsp3) is 0.167. The van der Waals surface area contributed by atoms with Crippen molar-refractivity contribution < 1.29 is 17.6 Å². The maximum atomic E-state index is 12.2. The molecule has 0 atom stereocenters. The van der Waals surface area contributed by atoms with Crippen molar-refractivity contribution in [3.8, 4) is 11.5 Å². The molecule has 0 saturated carbocycles. The number of aromatic nitrogens is 2. The molecule has 0 aliphatic rings. The molecule has 0 fully saturated rings. The van der Waals surface area contributed by atoms with Crippen LogP contribution in [-0.2, 0) is 16.6 Å². The first kappa shape index (κ1) is 18.6. The van der Waals surface area contributed by atoms with Gasteiger partial charge in [-0.05, 0) is 37.6 Å². The molecule has 3 aromatic rings. The number of urea groups is 1. The van der Waals surface area contributed by atoms with Crippen molar-refractivity contribution in [2.24, 2.45) is 0 Å². The van der Waals surface area contributed by atoms with Crippen LogP contribution in [0, 0.1) is 13.8 Å². The number of nitrogens with zero attached hydrogens (tertiary/aromatic N) is 2. The van der Waals surface area contributed by atoms with E-state index in [4.69, 9.17) is 4.42 Å². The molecule has 27 heavy (non-hydrogen) atoms. The van der Waals surface area contributed by atoms with Crippen LogP contribution in [0.2, 0.25) is 0 Å². The smallest absolute Gasteiger partial charge is 0.329 e. The second-order valence-corrected chi connectivity index (χ2v) is 7.60. The van der Waals surface area contributed by atoms with Crippen LogP contribution in [0.15, 0.2) is 57.8 Å². The summed E-state index contributed by atoms with van der Waals surface area (Å²) in [7, 11) is -3.95. The standard InChI is InChI=1S/C18H18N4O4S/c1-12-7-9-14(10-8-12)27(24,25)22-18(23)19-11-16-20-21-17(26-16)15-6-4-3-5-13(15)2/h3-10H,11H2,1-2H3,(H2,19,22,23). The second kappa shape index (κ2) is 7.58. The van der Waals surface area contributed by atoms with Gasteiger partial charge in [0.1, 0.15) is 0 Å². The molecule has 0 radical (unpaired) electrons. The van der Waals surface area contributed by atoms with Crippen LogP contribution in [0.1, 0.15) is 17.0 Å². The quantitative estimate of drug-likeness (QED) is 0.696. The Morgan fingerprint density at radius 3 is 2.44 bits per heavy atom. The van der Waals surface area contributed by atoms with Gasteiger partial charge in [0.05, 0.1) is 11.4 Å². The Bertz CT molecular complexity index is 1060. The first-order chi connectivity index (χ1) is 12.8. The van der Waals surface area contributed by atoms with Gasteiger partial charge < -0.3 is 9.73 Å². The number of amides is 2. The fourth-order valence-corrected chi connectivity index (χ4v) is 3.27. The number of carbonyl (C=O) groups excluding carboxylic acids is 1. The molecule has 1 aromatic heterocycles. The number of aryl methyl sites for hydroxylation is 2. The molecule has 9 heteroatoms. The molecule has 2 aromatic carbocycles. The monoisotopic (exact) mass is 386 g/mol. The lowest BCUT2D eigenvalue weighted by Gasteiger charge is -2.07. The second-order valence-electron chi connectivity index (χ2n) is 5.92. The van der Waals surface area contributed by atoms with E-state index in [1.165, 1.54) is 12.1 Å². The summed E-state index contributed by atoms with van der Waals surface area (Å²) < 4.78 is 31.8. The van der Waals surface area contributed by atoms with E-state index in [2.05, 4.69) is 15.5 Å². The molecular weight excluding hydrogens is 368 g/mol. The molecular formula is C18H18N4O4S. The topological polar surface area (TPSA) is 114 Å². The highest BCUT2D eigenvalue weighted by molar-refractivity contribution is 7.90. The van der Waals surface area contributed by atoms with Gasteiger partial charge in [0, 0.05) is 5.56 Å². The third kappa shape index (κ3) is 4.50. The Kier molecular flexibility index (Phi) is 5.22. The maximum Gasteiger partial charge on any atom is 0.329 e. The van der Waals surface area contributed by atoms with Crippen molar-refractivity contribution in [3.63, 3.8) is 0 Å². The van der Waals surface area contributed by atoms with E-state index in [1.54, 1.807) is 12.1 Å². The van der Waals surface area contributed by atoms with Gasteiger partial charge in [-0.1, -0.05) is 35.9 Å². The number of hydrogen-bond donors (Lipinski definition) is 2. The average molecular weight is 386 g/mol. The molecule has 0 aliphatic heterocycles. The third-order valence-corrected chi connectivity index (χ3v) is 5.15. The van der Waals surface area contributed by atoms with E-state index < -0.39 is 16.1 Å². The number of rotatable bonds is 5. The van der Waals surface area contributed by atoms with Crippen LogP contribution < -0.4 is 10.0 Å². The minimum absolute atomic E-state index is 0.00267. The highest BCUT2D eigenvalue weighted by Gasteiger charge is 2.18. The van der Waals surface area contributed by atoms with E-state index in [9.17, 15) is 13.2 Å². The van der Waals surface area contributed by atoms with Crippen LogP contribution in [0.4, 0.5) is 4.79 Å². The van der Waals surface area contributed by atoms with E-state index >= 15 is 0 Å². The van der Waals surface area contributed by atoms with E-state index in [0.717, 1.165) is 16.7 Å². The van der Waals surface area contributed by atoms with E-state index in [-0.39, 0.29) is 17.3 Å². The first-order valence-electron chi connectivity index (χ1n) is 8.11. The predicted octanol–water partition coefficient (Wildman–Crippen LogP) is 2.54. The van der Waals surface area contributed by atoms with Crippen LogP contribution in [-0.4, -0.2) is 24.6 Å². The summed E-state index contributed by atoms with van der Waals surface area (Å²) in [6, 6.07) is 12.8. The zero-order chi connectivity index (χ0) is 19.4. The Hall–Kier alpha value is -3.20. The highest BCUT2D eigenvalue weighted by Crippen LogP contribution is 2.21. The van der Waals surface area contributed by atoms with Crippen molar-refractivity contribution in [1.82, 2.24) is 20.2 Å². The SMILES string of the molecule is Cc1ccc(S(=O)(=O)NC(=O)NCc2nnc(-c3ccccc3C)o2)cc1. The van der Waals surface area contributed by atoms with Crippen LogP contribution in [0.3, 0.4) is 0 Å². The molecule has 0 spiro atoms. The molecule has 1 heterocycles. The number of sulfonamides is 1. The Labute approximate surface area is 156 Å². The number of nitrogens with one attached hydrogen (secondary N) is 2. The highest BCUT2D eigenvalue weighted by atomic mass is 32.2.